The van der Waals surface area contributed by atoms with E-state index in [1.807, 2.05) is 0 Å². The molecule has 7 nitrogen and oxygen atoms in total. The highest BCUT2D eigenvalue weighted by atomic mass is 19.4. The zero-order chi connectivity index (χ0) is 24.8. The molecule has 4 rings (SSSR count). The Labute approximate surface area is 187 Å². The van der Waals surface area contributed by atoms with Crippen LogP contribution in [0.2, 0.25) is 0 Å². The van der Waals surface area contributed by atoms with Gasteiger partial charge in [-0.2, -0.15) is 13.2 Å². The molecule has 12 heteroatoms. The van der Waals surface area contributed by atoms with E-state index < -0.39 is 40.6 Å². The fourth-order valence-corrected chi connectivity index (χ4v) is 3.26. The van der Waals surface area contributed by atoms with Crippen molar-refractivity contribution in [3.05, 3.63) is 81.4 Å². The maximum atomic E-state index is 14.0. The first-order chi connectivity index (χ1) is 16.0. The van der Waals surface area contributed by atoms with Gasteiger partial charge in [0.2, 0.25) is 5.88 Å². The molecule has 3 aromatic heterocycles. The Kier molecular flexibility index (Phi) is 5.51. The molecule has 0 aliphatic heterocycles. The maximum Gasteiger partial charge on any atom is 0.417 e. The minimum absolute atomic E-state index is 0.0682. The molecule has 0 radical (unpaired) electrons. The lowest BCUT2D eigenvalue weighted by atomic mass is 10.1. The van der Waals surface area contributed by atoms with Crippen molar-refractivity contribution in [1.29, 1.82) is 0 Å². The molecule has 174 valence electrons. The van der Waals surface area contributed by atoms with E-state index in [2.05, 4.69) is 15.0 Å². The van der Waals surface area contributed by atoms with Crippen LogP contribution in [-0.2, 0) is 6.18 Å². The summed E-state index contributed by atoms with van der Waals surface area (Å²) in [6, 6.07) is 4.82. The topological polar surface area (TPSA) is 111 Å². The number of nitrogens with zero attached hydrogens (tertiary/aromatic N) is 2. The Morgan fingerprint density at radius 3 is 2.53 bits per heavy atom. The monoisotopic (exact) mass is 476 g/mol. The Balaban J connectivity index is 1.94. The second-order valence-electron chi connectivity index (χ2n) is 7.15. The summed E-state index contributed by atoms with van der Waals surface area (Å²) in [5.74, 6) is -3.92. The first kappa shape index (κ1) is 22.8. The number of alkyl halides is 3. The molecule has 0 spiro atoms. The van der Waals surface area contributed by atoms with Crippen molar-refractivity contribution in [1.82, 2.24) is 15.0 Å². The fraction of sp³-hybridized carbons (Fsp3) is 0.0909. The number of benzene rings is 1. The third-order valence-corrected chi connectivity index (χ3v) is 4.94. The van der Waals surface area contributed by atoms with Crippen LogP contribution in [0.4, 0.5) is 22.0 Å². The van der Waals surface area contributed by atoms with Gasteiger partial charge in [0.15, 0.2) is 17.1 Å². The number of fused-ring (bicyclic) bond motifs is 1. The number of aromatic nitrogens is 3. The number of pyridine rings is 3. The van der Waals surface area contributed by atoms with Gasteiger partial charge in [-0.15, -0.1) is 0 Å². The van der Waals surface area contributed by atoms with Crippen molar-refractivity contribution in [2.24, 2.45) is 5.73 Å². The molecule has 4 aromatic rings. The molecule has 0 aliphatic carbocycles. The van der Waals surface area contributed by atoms with E-state index in [4.69, 9.17) is 10.5 Å². The number of carbonyl (C=O) groups is 1. The zero-order valence-electron chi connectivity index (χ0n) is 17.1. The number of carbonyl (C=O) groups excluding carboxylic acids is 1. The summed E-state index contributed by atoms with van der Waals surface area (Å²) in [4.78, 5) is 34.6. The van der Waals surface area contributed by atoms with Gasteiger partial charge in [-0.3, -0.25) is 14.6 Å². The molecule has 0 aliphatic rings. The van der Waals surface area contributed by atoms with Gasteiger partial charge in [0.25, 0.3) is 5.91 Å². The maximum absolute atomic E-state index is 14.0. The summed E-state index contributed by atoms with van der Waals surface area (Å²) in [5.41, 5.74) is 2.42. The number of amides is 1. The molecule has 0 saturated heterocycles. The summed E-state index contributed by atoms with van der Waals surface area (Å²) in [6.07, 6.45) is -3.09. The first-order valence-corrected chi connectivity index (χ1v) is 9.49. The van der Waals surface area contributed by atoms with Gasteiger partial charge in [-0.25, -0.2) is 13.8 Å². The Morgan fingerprint density at radius 2 is 1.85 bits per heavy atom. The van der Waals surface area contributed by atoms with E-state index in [-0.39, 0.29) is 39.2 Å². The van der Waals surface area contributed by atoms with Gasteiger partial charge in [0, 0.05) is 24.0 Å². The van der Waals surface area contributed by atoms with Crippen LogP contribution in [0, 0.1) is 18.6 Å². The molecule has 3 N–H and O–H groups in total. The van der Waals surface area contributed by atoms with Gasteiger partial charge in [0.05, 0.1) is 27.7 Å². The van der Waals surface area contributed by atoms with Crippen LogP contribution in [0.15, 0.2) is 47.5 Å². The molecular weight excluding hydrogens is 463 g/mol. The normalized spacial score (nSPS) is 11.6. The molecule has 0 unspecified atom stereocenters. The highest BCUT2D eigenvalue weighted by Crippen LogP contribution is 2.37. The lowest BCUT2D eigenvalue weighted by molar-refractivity contribution is -0.137. The van der Waals surface area contributed by atoms with E-state index in [0.29, 0.717) is 12.3 Å². The minimum Gasteiger partial charge on any atom is -0.438 e. The number of halogens is 5. The Hall–Kier alpha value is -4.35. The molecule has 0 atom stereocenters. The van der Waals surface area contributed by atoms with Crippen molar-refractivity contribution in [2.45, 2.75) is 13.1 Å². The molecule has 0 fully saturated rings. The number of aromatic amines is 1. The van der Waals surface area contributed by atoms with E-state index in [9.17, 15) is 31.5 Å². The van der Waals surface area contributed by atoms with Crippen molar-refractivity contribution in [3.8, 4) is 22.9 Å². The van der Waals surface area contributed by atoms with Gasteiger partial charge in [-0.05, 0) is 31.2 Å². The highest BCUT2D eigenvalue weighted by Gasteiger charge is 2.32. The number of primary amides is 1. The Bertz CT molecular complexity index is 1520. The predicted molar refractivity (Wildman–Crippen MR) is 110 cm³/mol. The predicted octanol–water partition coefficient (Wildman–Crippen LogP) is 4.48. The number of H-pyrrole nitrogens is 1. The van der Waals surface area contributed by atoms with Crippen LogP contribution in [0.1, 0.15) is 21.6 Å². The second-order valence-corrected chi connectivity index (χ2v) is 7.15. The highest BCUT2D eigenvalue weighted by molar-refractivity contribution is 6.03. The largest absolute Gasteiger partial charge is 0.438 e. The molecule has 34 heavy (non-hydrogen) atoms. The lowest BCUT2D eigenvalue weighted by Crippen LogP contribution is -2.17. The number of hydrogen-bond acceptors (Lipinski definition) is 5. The smallest absolute Gasteiger partial charge is 0.417 e. The lowest BCUT2D eigenvalue weighted by Gasteiger charge is -2.15. The van der Waals surface area contributed by atoms with Crippen molar-refractivity contribution in [2.75, 3.05) is 0 Å². The fourth-order valence-electron chi connectivity index (χ4n) is 3.26. The molecule has 1 amide bonds. The van der Waals surface area contributed by atoms with Crippen molar-refractivity contribution in [3.63, 3.8) is 0 Å². The summed E-state index contributed by atoms with van der Waals surface area (Å²) >= 11 is 0. The third kappa shape index (κ3) is 4.05. The molecule has 3 heterocycles. The van der Waals surface area contributed by atoms with Crippen LogP contribution >= 0.6 is 0 Å². The number of ether oxygens (including phenoxy) is 1. The molecule has 1 aromatic carbocycles. The number of nitrogens with one attached hydrogen (secondary N) is 1. The average Bonchev–Trinajstić information content (AvgIpc) is 2.78. The van der Waals surface area contributed by atoms with Gasteiger partial charge in [-0.1, -0.05) is 0 Å². The molecular formula is C22H13F5N4O3. The summed E-state index contributed by atoms with van der Waals surface area (Å²) < 4.78 is 73.1. The molecule has 0 bridgehead atoms. The van der Waals surface area contributed by atoms with Gasteiger partial charge < -0.3 is 15.5 Å². The van der Waals surface area contributed by atoms with Crippen molar-refractivity contribution < 1.29 is 31.5 Å². The van der Waals surface area contributed by atoms with Crippen LogP contribution in [-0.4, -0.2) is 20.9 Å². The average molecular weight is 476 g/mol. The van der Waals surface area contributed by atoms with Crippen molar-refractivity contribution >= 4 is 16.8 Å². The number of hydrogen-bond donors (Lipinski definition) is 2. The number of rotatable bonds is 4. The number of nitrogens with two attached hydrogens (primary N) is 1. The quantitative estimate of drug-likeness (QED) is 0.422. The second kappa shape index (κ2) is 8.21. The standard InChI is InChI=1S/C22H13F5N4O3/c1-9-16(3-2-12(23)18(9)24)34-21-11(6-10(8-30-21)22(25,26)27)14-7-15(32)17-13(31-14)4-5-29-19(17)20(28)33/h2-8H,1H3,(H2,28,33)(H,31,32). The molecule has 0 saturated carbocycles. The van der Waals surface area contributed by atoms with E-state index in [1.165, 1.54) is 19.2 Å². The summed E-state index contributed by atoms with van der Waals surface area (Å²) in [5, 5.41) is -0.155. The van der Waals surface area contributed by atoms with Crippen LogP contribution in [0.3, 0.4) is 0 Å². The first-order valence-electron chi connectivity index (χ1n) is 9.49. The van der Waals surface area contributed by atoms with Crippen LogP contribution < -0.4 is 15.9 Å². The van der Waals surface area contributed by atoms with Gasteiger partial charge >= 0.3 is 6.18 Å². The SMILES string of the molecule is Cc1c(Oc2ncc(C(F)(F)F)cc2-c2cc(=O)c3c(C(N)=O)nccc3[nH]2)ccc(F)c1F. The van der Waals surface area contributed by atoms with E-state index in [1.54, 1.807) is 0 Å². The summed E-state index contributed by atoms with van der Waals surface area (Å²) in [7, 11) is 0. The van der Waals surface area contributed by atoms with Gasteiger partial charge in [0.1, 0.15) is 11.4 Å². The third-order valence-electron chi connectivity index (χ3n) is 4.94. The minimum atomic E-state index is -4.78. The Morgan fingerprint density at radius 1 is 1.12 bits per heavy atom. The van der Waals surface area contributed by atoms with Crippen LogP contribution in [0.25, 0.3) is 22.2 Å². The van der Waals surface area contributed by atoms with E-state index in [0.717, 1.165) is 18.2 Å². The zero-order valence-corrected chi connectivity index (χ0v) is 17.1. The summed E-state index contributed by atoms with van der Waals surface area (Å²) in [6.45, 7) is 1.22. The van der Waals surface area contributed by atoms with E-state index >= 15 is 0 Å². The van der Waals surface area contributed by atoms with Crippen LogP contribution in [0.5, 0.6) is 11.6 Å².